The Hall–Kier alpha value is -4.04. The summed E-state index contributed by atoms with van der Waals surface area (Å²) >= 11 is 6.04. The van der Waals surface area contributed by atoms with Crippen LogP contribution < -0.4 is 20.1 Å². The van der Waals surface area contributed by atoms with E-state index in [1.165, 1.54) is 12.1 Å². The van der Waals surface area contributed by atoms with Gasteiger partial charge in [0.25, 0.3) is 5.91 Å². The number of amides is 2. The Morgan fingerprint density at radius 1 is 0.944 bits per heavy atom. The second-order valence-corrected chi connectivity index (χ2v) is 8.03. The zero-order valence-electron chi connectivity index (χ0n) is 19.8. The van der Waals surface area contributed by atoms with Crippen LogP contribution in [0.1, 0.15) is 35.7 Å². The van der Waals surface area contributed by atoms with E-state index >= 15 is 0 Å². The van der Waals surface area contributed by atoms with Crippen LogP contribution in [0, 0.1) is 0 Å². The molecule has 3 aromatic carbocycles. The van der Waals surface area contributed by atoms with Gasteiger partial charge in [0.05, 0.1) is 18.2 Å². The molecule has 0 aliphatic carbocycles. The molecule has 0 bridgehead atoms. The van der Waals surface area contributed by atoms with Crippen molar-refractivity contribution in [2.45, 2.75) is 26.3 Å². The maximum atomic E-state index is 12.6. The molecule has 2 amide bonds. The summed E-state index contributed by atoms with van der Waals surface area (Å²) in [5, 5.41) is 6.22. The van der Waals surface area contributed by atoms with Crippen molar-refractivity contribution in [1.82, 2.24) is 5.32 Å². The molecular weight excluding hydrogens is 484 g/mol. The Labute approximate surface area is 214 Å². The molecule has 0 aliphatic rings. The standard InChI is InChI=1S/C27H27ClN2O6/c1-2-34-27(33)36-22-14-12-20(13-15-22)26(32)30-21-8-5-7-19(17-21)18-29-25(31)11-6-16-35-24-10-4-3-9-23(24)28/h3-5,7-10,12-15,17H,2,6,11,16,18H2,1H3,(H,29,31)(H,30,32). The molecule has 3 aromatic rings. The van der Waals surface area contributed by atoms with E-state index in [1.54, 1.807) is 49.4 Å². The molecule has 8 nitrogen and oxygen atoms in total. The van der Waals surface area contributed by atoms with Gasteiger partial charge in [-0.25, -0.2) is 4.79 Å². The van der Waals surface area contributed by atoms with Crippen molar-refractivity contribution >= 4 is 35.3 Å². The van der Waals surface area contributed by atoms with Crippen molar-refractivity contribution in [2.24, 2.45) is 0 Å². The normalized spacial score (nSPS) is 10.3. The van der Waals surface area contributed by atoms with Crippen LogP contribution in [-0.4, -0.2) is 31.2 Å². The maximum absolute atomic E-state index is 12.6. The average Bonchev–Trinajstić information content (AvgIpc) is 2.87. The van der Waals surface area contributed by atoms with Gasteiger partial charge in [-0.05, 0) is 67.4 Å². The smallest absolute Gasteiger partial charge is 0.492 e. The van der Waals surface area contributed by atoms with Gasteiger partial charge < -0.3 is 24.8 Å². The van der Waals surface area contributed by atoms with Crippen molar-refractivity contribution in [3.63, 3.8) is 0 Å². The molecule has 0 saturated carbocycles. The van der Waals surface area contributed by atoms with Crippen LogP contribution >= 0.6 is 11.6 Å². The Kier molecular flexibility index (Phi) is 10.1. The molecule has 0 aromatic heterocycles. The molecule has 0 radical (unpaired) electrons. The van der Waals surface area contributed by atoms with Gasteiger partial charge in [0, 0.05) is 24.2 Å². The average molecular weight is 511 g/mol. The Morgan fingerprint density at radius 2 is 1.72 bits per heavy atom. The van der Waals surface area contributed by atoms with E-state index in [0.717, 1.165) is 5.56 Å². The van der Waals surface area contributed by atoms with Gasteiger partial charge in [-0.2, -0.15) is 0 Å². The minimum Gasteiger partial charge on any atom is -0.492 e. The summed E-state index contributed by atoms with van der Waals surface area (Å²) in [6.07, 6.45) is 0.0668. The van der Waals surface area contributed by atoms with E-state index in [4.69, 9.17) is 25.8 Å². The molecule has 0 fully saturated rings. The zero-order chi connectivity index (χ0) is 25.8. The Balaban J connectivity index is 1.42. The lowest BCUT2D eigenvalue weighted by Gasteiger charge is -2.10. The molecule has 0 saturated heterocycles. The van der Waals surface area contributed by atoms with E-state index in [9.17, 15) is 14.4 Å². The van der Waals surface area contributed by atoms with Crippen molar-refractivity contribution in [3.05, 3.63) is 88.9 Å². The summed E-state index contributed by atoms with van der Waals surface area (Å²) in [5.41, 5.74) is 1.82. The van der Waals surface area contributed by atoms with Crippen LogP contribution in [0.2, 0.25) is 5.02 Å². The maximum Gasteiger partial charge on any atom is 0.513 e. The second kappa shape index (κ2) is 13.7. The molecule has 36 heavy (non-hydrogen) atoms. The summed E-state index contributed by atoms with van der Waals surface area (Å²) in [5.74, 6) is 0.451. The van der Waals surface area contributed by atoms with E-state index in [2.05, 4.69) is 10.6 Å². The topological polar surface area (TPSA) is 103 Å². The minimum absolute atomic E-state index is 0.0997. The van der Waals surface area contributed by atoms with Crippen molar-refractivity contribution < 1.29 is 28.6 Å². The van der Waals surface area contributed by atoms with Crippen molar-refractivity contribution in [1.29, 1.82) is 0 Å². The van der Waals surface area contributed by atoms with Crippen LogP contribution in [0.4, 0.5) is 10.5 Å². The number of carbonyl (C=O) groups excluding carboxylic acids is 3. The number of rotatable bonds is 11. The third-order valence-electron chi connectivity index (χ3n) is 4.90. The van der Waals surface area contributed by atoms with Crippen LogP contribution in [0.25, 0.3) is 0 Å². The van der Waals surface area contributed by atoms with Crippen LogP contribution in [0.3, 0.4) is 0 Å². The van der Waals surface area contributed by atoms with Crippen LogP contribution in [0.5, 0.6) is 11.5 Å². The Bertz CT molecular complexity index is 1180. The van der Waals surface area contributed by atoms with Gasteiger partial charge in [0.2, 0.25) is 5.91 Å². The van der Waals surface area contributed by atoms with Gasteiger partial charge in [-0.1, -0.05) is 35.9 Å². The third-order valence-corrected chi connectivity index (χ3v) is 5.21. The summed E-state index contributed by atoms with van der Waals surface area (Å²) in [7, 11) is 0. The van der Waals surface area contributed by atoms with E-state index in [0.29, 0.717) is 48.0 Å². The van der Waals surface area contributed by atoms with Crippen LogP contribution in [-0.2, 0) is 16.1 Å². The highest BCUT2D eigenvalue weighted by Crippen LogP contribution is 2.23. The van der Waals surface area contributed by atoms with E-state index < -0.39 is 6.16 Å². The number of hydrogen-bond donors (Lipinski definition) is 2. The zero-order valence-corrected chi connectivity index (χ0v) is 20.5. The van der Waals surface area contributed by atoms with E-state index in [1.807, 2.05) is 18.2 Å². The molecule has 188 valence electrons. The lowest BCUT2D eigenvalue weighted by atomic mass is 10.1. The molecular formula is C27H27ClN2O6. The molecule has 0 atom stereocenters. The minimum atomic E-state index is -0.802. The fourth-order valence-electron chi connectivity index (χ4n) is 3.15. The van der Waals surface area contributed by atoms with Gasteiger partial charge in [0.15, 0.2) is 0 Å². The molecule has 0 aliphatic heterocycles. The fraction of sp³-hybridized carbons (Fsp3) is 0.222. The lowest BCUT2D eigenvalue weighted by Crippen LogP contribution is -2.23. The van der Waals surface area contributed by atoms with Crippen LogP contribution in [0.15, 0.2) is 72.8 Å². The quantitative estimate of drug-likeness (QED) is 0.198. The number of ether oxygens (including phenoxy) is 3. The summed E-state index contributed by atoms with van der Waals surface area (Å²) in [4.78, 5) is 36.1. The van der Waals surface area contributed by atoms with E-state index in [-0.39, 0.29) is 24.2 Å². The molecule has 2 N–H and O–H groups in total. The first-order valence-corrected chi connectivity index (χ1v) is 11.8. The van der Waals surface area contributed by atoms with Gasteiger partial charge in [0.1, 0.15) is 11.5 Å². The number of nitrogens with one attached hydrogen (secondary N) is 2. The highest BCUT2D eigenvalue weighted by atomic mass is 35.5. The van der Waals surface area contributed by atoms with Gasteiger partial charge in [-0.15, -0.1) is 0 Å². The molecule has 0 heterocycles. The lowest BCUT2D eigenvalue weighted by molar-refractivity contribution is -0.121. The van der Waals surface area contributed by atoms with Crippen molar-refractivity contribution in [3.8, 4) is 11.5 Å². The number of halogens is 1. The largest absolute Gasteiger partial charge is 0.513 e. The molecule has 3 rings (SSSR count). The highest BCUT2D eigenvalue weighted by Gasteiger charge is 2.10. The predicted molar refractivity (Wildman–Crippen MR) is 137 cm³/mol. The summed E-state index contributed by atoms with van der Waals surface area (Å²) in [6, 6.07) is 20.5. The molecule has 9 heteroatoms. The van der Waals surface area contributed by atoms with Gasteiger partial charge >= 0.3 is 6.16 Å². The number of anilines is 1. The highest BCUT2D eigenvalue weighted by molar-refractivity contribution is 6.32. The second-order valence-electron chi connectivity index (χ2n) is 7.62. The number of hydrogen-bond acceptors (Lipinski definition) is 6. The number of benzene rings is 3. The summed E-state index contributed by atoms with van der Waals surface area (Å²) < 4.78 is 15.3. The first-order chi connectivity index (χ1) is 17.4. The number of para-hydroxylation sites is 1. The monoisotopic (exact) mass is 510 g/mol. The third kappa shape index (κ3) is 8.63. The Morgan fingerprint density at radius 3 is 2.47 bits per heavy atom. The van der Waals surface area contributed by atoms with Gasteiger partial charge in [-0.3, -0.25) is 9.59 Å². The predicted octanol–water partition coefficient (Wildman–Crippen LogP) is 5.60. The first-order valence-electron chi connectivity index (χ1n) is 11.4. The van der Waals surface area contributed by atoms with Crippen molar-refractivity contribution in [2.75, 3.05) is 18.5 Å². The molecule has 0 spiro atoms. The number of carbonyl (C=O) groups is 3. The summed E-state index contributed by atoms with van der Waals surface area (Å²) in [6.45, 7) is 2.60. The molecule has 0 unspecified atom stereocenters. The SMILES string of the molecule is CCOC(=O)Oc1ccc(C(=O)Nc2cccc(CNC(=O)CCCOc3ccccc3Cl)c2)cc1. The fourth-order valence-corrected chi connectivity index (χ4v) is 3.34. The first kappa shape index (κ1) is 26.6.